The Kier molecular flexibility index (Phi) is 3.87. The number of hydrogen-bond donors (Lipinski definition) is 0. The zero-order valence-corrected chi connectivity index (χ0v) is 13.2. The van der Waals surface area contributed by atoms with E-state index in [2.05, 4.69) is 22.2 Å². The van der Waals surface area contributed by atoms with Gasteiger partial charge in [0.05, 0.1) is 18.3 Å². The van der Waals surface area contributed by atoms with Crippen LogP contribution in [-0.2, 0) is 4.74 Å². The maximum Gasteiger partial charge on any atom is 0.146 e. The molecule has 2 aliphatic heterocycles. The lowest BCUT2D eigenvalue weighted by Crippen LogP contribution is -2.42. The van der Waals surface area contributed by atoms with Gasteiger partial charge in [-0.1, -0.05) is 15.9 Å². The molecule has 0 amide bonds. The van der Waals surface area contributed by atoms with Crippen molar-refractivity contribution in [3.8, 4) is 5.75 Å². The second-order valence-electron chi connectivity index (χ2n) is 4.90. The average Bonchev–Trinajstić information content (AvgIpc) is 2.55. The van der Waals surface area contributed by atoms with Gasteiger partial charge in [-0.3, -0.25) is 0 Å². The van der Waals surface area contributed by atoms with Crippen molar-refractivity contribution in [2.24, 2.45) is 4.99 Å². The number of thioether (sulfide) groups is 1. The standard InChI is InChI=1S/C14H16BrNO2S/c1-19-13-9-14(4-6-17-7-5-14)18-12-8-10(15)2-3-11(12)16-13/h2-3,8H,4-7,9H2,1H3. The van der Waals surface area contributed by atoms with Gasteiger partial charge in [-0.05, 0) is 24.5 Å². The summed E-state index contributed by atoms with van der Waals surface area (Å²) >= 11 is 5.21. The highest BCUT2D eigenvalue weighted by Gasteiger charge is 2.38. The first kappa shape index (κ1) is 13.5. The highest BCUT2D eigenvalue weighted by Crippen LogP contribution is 2.42. The molecule has 3 nitrogen and oxygen atoms in total. The Morgan fingerprint density at radius 1 is 1.32 bits per heavy atom. The summed E-state index contributed by atoms with van der Waals surface area (Å²) in [5, 5.41) is 1.14. The van der Waals surface area contributed by atoms with E-state index in [-0.39, 0.29) is 5.60 Å². The van der Waals surface area contributed by atoms with Crippen LogP contribution in [0.1, 0.15) is 19.3 Å². The van der Waals surface area contributed by atoms with Crippen molar-refractivity contribution < 1.29 is 9.47 Å². The summed E-state index contributed by atoms with van der Waals surface area (Å²) in [4.78, 5) is 4.74. The van der Waals surface area contributed by atoms with Crippen LogP contribution in [0.15, 0.2) is 27.7 Å². The second kappa shape index (κ2) is 5.46. The maximum absolute atomic E-state index is 6.36. The van der Waals surface area contributed by atoms with Crippen LogP contribution in [-0.4, -0.2) is 30.1 Å². The molecule has 2 aliphatic rings. The second-order valence-corrected chi connectivity index (χ2v) is 6.69. The fraction of sp³-hybridized carbons (Fsp3) is 0.500. The number of rotatable bonds is 0. The molecule has 0 bridgehead atoms. The fourth-order valence-electron chi connectivity index (χ4n) is 2.52. The van der Waals surface area contributed by atoms with Crippen LogP contribution in [0.3, 0.4) is 0 Å². The van der Waals surface area contributed by atoms with Crippen LogP contribution in [0.25, 0.3) is 0 Å². The van der Waals surface area contributed by atoms with Gasteiger partial charge in [-0.15, -0.1) is 11.8 Å². The van der Waals surface area contributed by atoms with Gasteiger partial charge in [0.15, 0.2) is 0 Å². The van der Waals surface area contributed by atoms with E-state index < -0.39 is 0 Å². The van der Waals surface area contributed by atoms with E-state index in [0.29, 0.717) is 0 Å². The first-order valence-electron chi connectivity index (χ1n) is 6.39. The van der Waals surface area contributed by atoms with E-state index in [4.69, 9.17) is 14.5 Å². The Hall–Kier alpha value is -0.520. The van der Waals surface area contributed by atoms with E-state index in [1.54, 1.807) is 11.8 Å². The summed E-state index contributed by atoms with van der Waals surface area (Å²) in [6.07, 6.45) is 4.82. The fourth-order valence-corrected chi connectivity index (χ4v) is 3.46. The highest BCUT2D eigenvalue weighted by atomic mass is 79.9. The molecule has 0 N–H and O–H groups in total. The quantitative estimate of drug-likeness (QED) is 0.709. The van der Waals surface area contributed by atoms with Crippen LogP contribution in [0.5, 0.6) is 5.75 Å². The lowest BCUT2D eigenvalue weighted by atomic mass is 9.91. The van der Waals surface area contributed by atoms with Gasteiger partial charge in [0.25, 0.3) is 0 Å². The third-order valence-corrected chi connectivity index (χ3v) is 4.81. The zero-order chi connectivity index (χ0) is 13.3. The van der Waals surface area contributed by atoms with E-state index >= 15 is 0 Å². The van der Waals surface area contributed by atoms with Gasteiger partial charge in [-0.25, -0.2) is 4.99 Å². The molecule has 0 unspecified atom stereocenters. The van der Waals surface area contributed by atoms with Crippen molar-refractivity contribution in [3.05, 3.63) is 22.7 Å². The number of nitrogens with zero attached hydrogens (tertiary/aromatic N) is 1. The monoisotopic (exact) mass is 341 g/mol. The molecular formula is C14H16BrNO2S. The van der Waals surface area contributed by atoms with E-state index in [1.165, 1.54) is 0 Å². The normalized spacial score (nSPS) is 21.3. The van der Waals surface area contributed by atoms with Crippen molar-refractivity contribution in [1.29, 1.82) is 0 Å². The lowest BCUT2D eigenvalue weighted by Gasteiger charge is -2.36. The van der Waals surface area contributed by atoms with Crippen molar-refractivity contribution in [2.45, 2.75) is 24.9 Å². The summed E-state index contributed by atoms with van der Waals surface area (Å²) in [7, 11) is 0. The minimum atomic E-state index is -0.147. The van der Waals surface area contributed by atoms with Crippen molar-refractivity contribution in [3.63, 3.8) is 0 Å². The molecular weight excluding hydrogens is 326 g/mol. The Bertz CT molecular complexity index is 512. The van der Waals surface area contributed by atoms with Gasteiger partial charge >= 0.3 is 0 Å². The molecule has 0 radical (unpaired) electrons. The minimum Gasteiger partial charge on any atom is -0.484 e. The van der Waals surface area contributed by atoms with Crippen LogP contribution < -0.4 is 4.74 Å². The molecule has 3 rings (SSSR count). The molecule has 1 aromatic rings. The number of ether oxygens (including phenoxy) is 2. The first-order valence-corrected chi connectivity index (χ1v) is 8.40. The Morgan fingerprint density at radius 2 is 2.11 bits per heavy atom. The average molecular weight is 342 g/mol. The molecule has 1 aromatic carbocycles. The van der Waals surface area contributed by atoms with Crippen molar-refractivity contribution >= 4 is 38.4 Å². The van der Waals surface area contributed by atoms with Crippen LogP contribution >= 0.6 is 27.7 Å². The third kappa shape index (κ3) is 2.83. The molecule has 0 atom stereocenters. The van der Waals surface area contributed by atoms with Gasteiger partial charge in [0, 0.05) is 23.7 Å². The number of benzene rings is 1. The maximum atomic E-state index is 6.36. The number of fused-ring (bicyclic) bond motifs is 1. The van der Waals surface area contributed by atoms with Crippen LogP contribution in [0, 0.1) is 0 Å². The molecule has 102 valence electrons. The predicted molar refractivity (Wildman–Crippen MR) is 82.8 cm³/mol. The largest absolute Gasteiger partial charge is 0.484 e. The molecule has 0 saturated carbocycles. The highest BCUT2D eigenvalue weighted by molar-refractivity contribution is 9.10. The predicted octanol–water partition coefficient (Wildman–Crippen LogP) is 4.17. The summed E-state index contributed by atoms with van der Waals surface area (Å²) in [6.45, 7) is 1.54. The molecule has 0 aromatic heterocycles. The molecule has 0 aliphatic carbocycles. The Balaban J connectivity index is 2.02. The summed E-state index contributed by atoms with van der Waals surface area (Å²) in [5.41, 5.74) is 0.780. The Morgan fingerprint density at radius 3 is 2.84 bits per heavy atom. The van der Waals surface area contributed by atoms with Crippen molar-refractivity contribution in [1.82, 2.24) is 0 Å². The summed E-state index contributed by atoms with van der Waals surface area (Å²) < 4.78 is 12.9. The molecule has 1 spiro atoms. The SMILES string of the molecule is CSC1=Nc2ccc(Br)cc2OC2(CCOCC2)C1. The Labute approximate surface area is 125 Å². The number of halogens is 1. The minimum absolute atomic E-state index is 0.147. The lowest BCUT2D eigenvalue weighted by molar-refractivity contribution is -0.0400. The van der Waals surface area contributed by atoms with Gasteiger partial charge in [0.1, 0.15) is 17.0 Å². The zero-order valence-electron chi connectivity index (χ0n) is 10.8. The molecule has 2 heterocycles. The smallest absolute Gasteiger partial charge is 0.146 e. The summed E-state index contributed by atoms with van der Waals surface area (Å²) in [6, 6.07) is 6.03. The molecule has 19 heavy (non-hydrogen) atoms. The van der Waals surface area contributed by atoms with Crippen LogP contribution in [0.4, 0.5) is 5.69 Å². The molecule has 1 saturated heterocycles. The molecule has 1 fully saturated rings. The third-order valence-electron chi connectivity index (χ3n) is 3.61. The molecule has 5 heteroatoms. The van der Waals surface area contributed by atoms with Crippen LogP contribution in [0.2, 0.25) is 0 Å². The van der Waals surface area contributed by atoms with Gasteiger partial charge < -0.3 is 9.47 Å². The van der Waals surface area contributed by atoms with E-state index in [9.17, 15) is 0 Å². The first-order chi connectivity index (χ1) is 9.21. The number of hydrogen-bond acceptors (Lipinski definition) is 4. The van der Waals surface area contributed by atoms with E-state index in [1.807, 2.05) is 18.2 Å². The summed E-state index contributed by atoms with van der Waals surface area (Å²) in [5.74, 6) is 0.875. The van der Waals surface area contributed by atoms with Crippen molar-refractivity contribution in [2.75, 3.05) is 19.5 Å². The van der Waals surface area contributed by atoms with Gasteiger partial charge in [0.2, 0.25) is 0 Å². The van der Waals surface area contributed by atoms with E-state index in [0.717, 1.165) is 53.4 Å². The number of aliphatic imine (C=N–C) groups is 1. The van der Waals surface area contributed by atoms with Gasteiger partial charge in [-0.2, -0.15) is 0 Å². The topological polar surface area (TPSA) is 30.8 Å².